The lowest BCUT2D eigenvalue weighted by Crippen LogP contribution is -2.02. The normalized spacial score (nSPS) is 8.50. The van der Waals surface area contributed by atoms with Gasteiger partial charge in [0.1, 0.15) is 5.78 Å². The third kappa shape index (κ3) is 34.1. The first kappa shape index (κ1) is 14.0. The Kier molecular flexibility index (Phi) is 9.93. The van der Waals surface area contributed by atoms with Gasteiger partial charge < -0.3 is 9.53 Å². The van der Waals surface area contributed by atoms with Gasteiger partial charge in [-0.3, -0.25) is 0 Å². The molecule has 0 N–H and O–H groups in total. The second-order valence-electron chi connectivity index (χ2n) is 2.85. The van der Waals surface area contributed by atoms with Crippen LogP contribution in [0.15, 0.2) is 0 Å². The zero-order chi connectivity index (χ0) is 10.1. The first-order valence-corrected chi connectivity index (χ1v) is 4.03. The van der Waals surface area contributed by atoms with Crippen molar-refractivity contribution >= 4 is 22.8 Å². The van der Waals surface area contributed by atoms with Gasteiger partial charge in [0.2, 0.25) is 0 Å². The van der Waals surface area contributed by atoms with Crippen molar-refractivity contribution < 1.29 is 14.3 Å². The van der Waals surface area contributed by atoms with E-state index in [1.54, 1.807) is 0 Å². The van der Waals surface area contributed by atoms with Crippen molar-refractivity contribution in [1.82, 2.24) is 0 Å². The second-order valence-corrected chi connectivity index (χ2v) is 3.16. The fourth-order valence-corrected chi connectivity index (χ4v) is 0.295. The molecule has 4 heteroatoms. The summed E-state index contributed by atoms with van der Waals surface area (Å²) < 4.78 is 4.43. The highest BCUT2D eigenvalue weighted by Crippen LogP contribution is 1.94. The molecular formula is C8H15ClO3. The molecule has 0 aliphatic heterocycles. The summed E-state index contributed by atoms with van der Waals surface area (Å²) in [7, 11) is 0. The number of hydrogen-bond acceptors (Lipinski definition) is 3. The Labute approximate surface area is 78.0 Å². The molecule has 0 aliphatic carbocycles. The van der Waals surface area contributed by atoms with Gasteiger partial charge >= 0.3 is 5.43 Å². The van der Waals surface area contributed by atoms with Gasteiger partial charge in [-0.1, -0.05) is 13.8 Å². The number of hydrogen-bond donors (Lipinski definition) is 0. The maximum atomic E-state index is 9.89. The van der Waals surface area contributed by atoms with E-state index in [2.05, 4.69) is 4.74 Å². The van der Waals surface area contributed by atoms with E-state index in [1.807, 2.05) is 13.8 Å². The van der Waals surface area contributed by atoms with E-state index in [1.165, 1.54) is 13.8 Å². The Balaban J connectivity index is 0. The SMILES string of the molecule is CC(C)=O.CC(C)COC(=O)Cl. The third-order valence-electron chi connectivity index (χ3n) is 0.530. The summed E-state index contributed by atoms with van der Waals surface area (Å²) in [4.78, 5) is 19.3. The van der Waals surface area contributed by atoms with E-state index in [-0.39, 0.29) is 5.78 Å². The molecule has 12 heavy (non-hydrogen) atoms. The Hall–Kier alpha value is -0.570. The van der Waals surface area contributed by atoms with Crippen LogP contribution in [0.1, 0.15) is 27.7 Å². The molecule has 0 rings (SSSR count). The van der Waals surface area contributed by atoms with Crippen LogP contribution in [0.2, 0.25) is 0 Å². The van der Waals surface area contributed by atoms with Crippen molar-refractivity contribution in [1.29, 1.82) is 0 Å². The molecule has 0 amide bonds. The summed E-state index contributed by atoms with van der Waals surface area (Å²) in [6.07, 6.45) is 0. The Morgan fingerprint density at radius 2 is 1.67 bits per heavy atom. The van der Waals surface area contributed by atoms with E-state index in [9.17, 15) is 9.59 Å². The fourth-order valence-electron chi connectivity index (χ4n) is 0.232. The van der Waals surface area contributed by atoms with Crippen LogP contribution < -0.4 is 0 Å². The second kappa shape index (κ2) is 8.53. The topological polar surface area (TPSA) is 43.4 Å². The summed E-state index contributed by atoms with van der Waals surface area (Å²) in [6.45, 7) is 7.35. The lowest BCUT2D eigenvalue weighted by Gasteiger charge is -2.00. The van der Waals surface area contributed by atoms with Crippen molar-refractivity contribution in [3.8, 4) is 0 Å². The molecule has 0 aromatic heterocycles. The minimum atomic E-state index is -0.723. The summed E-state index contributed by atoms with van der Waals surface area (Å²) in [5, 5.41) is 0. The first-order chi connectivity index (χ1) is 5.36. The smallest absolute Gasteiger partial charge is 0.403 e. The van der Waals surface area contributed by atoms with Gasteiger partial charge in [-0.25, -0.2) is 4.79 Å². The molecule has 0 atom stereocenters. The molecule has 0 saturated carbocycles. The van der Waals surface area contributed by atoms with Gasteiger partial charge in [-0.05, 0) is 19.8 Å². The maximum absolute atomic E-state index is 9.89. The van der Waals surface area contributed by atoms with E-state index in [0.29, 0.717) is 12.5 Å². The quantitative estimate of drug-likeness (QED) is 0.635. The zero-order valence-electron chi connectivity index (χ0n) is 7.89. The number of ether oxygens (including phenoxy) is 1. The van der Waals surface area contributed by atoms with E-state index in [0.717, 1.165) is 0 Å². The summed E-state index contributed by atoms with van der Waals surface area (Å²) in [5.74, 6) is 0.526. The highest BCUT2D eigenvalue weighted by Gasteiger charge is 1.96. The van der Waals surface area contributed by atoms with Crippen LogP contribution in [-0.2, 0) is 9.53 Å². The molecule has 0 unspecified atom stereocenters. The van der Waals surface area contributed by atoms with Crippen molar-refractivity contribution in [3.63, 3.8) is 0 Å². The molecular weight excluding hydrogens is 180 g/mol. The summed E-state index contributed by atoms with van der Waals surface area (Å²) in [6, 6.07) is 0. The van der Waals surface area contributed by atoms with E-state index >= 15 is 0 Å². The van der Waals surface area contributed by atoms with Crippen LogP contribution >= 0.6 is 11.6 Å². The Bertz CT molecular complexity index is 139. The number of carbonyl (C=O) groups excluding carboxylic acids is 2. The van der Waals surface area contributed by atoms with Gasteiger partial charge in [0.15, 0.2) is 0 Å². The first-order valence-electron chi connectivity index (χ1n) is 3.65. The van der Waals surface area contributed by atoms with Crippen LogP contribution in [0.3, 0.4) is 0 Å². The Morgan fingerprint density at radius 1 is 1.33 bits per heavy atom. The van der Waals surface area contributed by atoms with Crippen LogP contribution in [0.25, 0.3) is 0 Å². The molecule has 0 spiro atoms. The maximum Gasteiger partial charge on any atom is 0.403 e. The predicted molar refractivity (Wildman–Crippen MR) is 48.4 cm³/mol. The minimum Gasteiger partial charge on any atom is -0.453 e. The number of Topliss-reactive ketones (excluding diaryl/α,β-unsaturated/α-hetero) is 1. The number of rotatable bonds is 2. The fraction of sp³-hybridized carbons (Fsp3) is 0.750. The van der Waals surface area contributed by atoms with Crippen LogP contribution in [-0.4, -0.2) is 17.8 Å². The monoisotopic (exact) mass is 194 g/mol. The molecule has 72 valence electrons. The molecule has 0 heterocycles. The van der Waals surface area contributed by atoms with Gasteiger partial charge in [0.25, 0.3) is 0 Å². The van der Waals surface area contributed by atoms with Gasteiger partial charge in [-0.15, -0.1) is 0 Å². The number of carbonyl (C=O) groups is 2. The molecule has 0 aromatic rings. The van der Waals surface area contributed by atoms with Crippen molar-refractivity contribution in [2.75, 3.05) is 6.61 Å². The van der Waals surface area contributed by atoms with E-state index in [4.69, 9.17) is 11.6 Å². The van der Waals surface area contributed by atoms with Gasteiger partial charge in [-0.2, -0.15) is 0 Å². The van der Waals surface area contributed by atoms with Crippen molar-refractivity contribution in [2.45, 2.75) is 27.7 Å². The number of ketones is 1. The third-order valence-corrected chi connectivity index (χ3v) is 0.639. The average molecular weight is 195 g/mol. The lowest BCUT2D eigenvalue weighted by molar-refractivity contribution is -0.114. The predicted octanol–water partition coefficient (Wildman–Crippen LogP) is 2.61. The van der Waals surface area contributed by atoms with Gasteiger partial charge in [0, 0.05) is 11.6 Å². The van der Waals surface area contributed by atoms with Gasteiger partial charge in [0.05, 0.1) is 6.61 Å². The zero-order valence-corrected chi connectivity index (χ0v) is 8.64. The standard InChI is InChI=1S/C5H9ClO2.C3H6O/c1-4(2)3-8-5(6)7;1-3(2)4/h4H,3H2,1-2H3;1-2H3. The molecule has 0 fully saturated rings. The largest absolute Gasteiger partial charge is 0.453 e. The van der Waals surface area contributed by atoms with Crippen LogP contribution in [0.5, 0.6) is 0 Å². The molecule has 3 nitrogen and oxygen atoms in total. The molecule has 0 saturated heterocycles. The molecule has 0 bridgehead atoms. The minimum absolute atomic E-state index is 0.167. The Morgan fingerprint density at radius 3 is 1.75 bits per heavy atom. The highest BCUT2D eigenvalue weighted by atomic mass is 35.5. The van der Waals surface area contributed by atoms with E-state index < -0.39 is 5.43 Å². The lowest BCUT2D eigenvalue weighted by atomic mass is 10.2. The molecule has 0 aliphatic rings. The van der Waals surface area contributed by atoms with Crippen molar-refractivity contribution in [2.24, 2.45) is 5.92 Å². The van der Waals surface area contributed by atoms with Crippen LogP contribution in [0.4, 0.5) is 4.79 Å². The average Bonchev–Trinajstić information content (AvgIpc) is 1.82. The van der Waals surface area contributed by atoms with Crippen molar-refractivity contribution in [3.05, 3.63) is 0 Å². The highest BCUT2D eigenvalue weighted by molar-refractivity contribution is 6.61. The summed E-state index contributed by atoms with van der Waals surface area (Å²) >= 11 is 4.86. The summed E-state index contributed by atoms with van der Waals surface area (Å²) in [5.41, 5.74) is -0.723. The van der Waals surface area contributed by atoms with Crippen LogP contribution in [0, 0.1) is 5.92 Å². The molecule has 0 radical (unpaired) electrons. The molecule has 0 aromatic carbocycles. The number of halogens is 1.